The van der Waals surface area contributed by atoms with Crippen molar-refractivity contribution in [1.29, 1.82) is 0 Å². The first-order chi connectivity index (χ1) is 21.4. The van der Waals surface area contributed by atoms with Crippen molar-refractivity contribution < 1.29 is 34.4 Å². The molecular weight excluding hydrogens is 556 g/mol. The predicted octanol–water partition coefficient (Wildman–Crippen LogP) is 8.45. The van der Waals surface area contributed by atoms with Gasteiger partial charge in [0, 0.05) is 12.8 Å². The van der Waals surface area contributed by atoms with Crippen LogP contribution in [0.5, 0.6) is 0 Å². The van der Waals surface area contributed by atoms with E-state index < -0.39 is 24.3 Å². The number of allylic oxidation sites excluding steroid dienone is 5. The minimum absolute atomic E-state index is 0.0723. The summed E-state index contributed by atoms with van der Waals surface area (Å²) in [6, 6.07) is 0. The summed E-state index contributed by atoms with van der Waals surface area (Å²) in [5.41, 5.74) is 0. The first kappa shape index (κ1) is 42.0. The zero-order chi connectivity index (χ0) is 32.5. The fourth-order valence-corrected chi connectivity index (χ4v) is 4.72. The Kier molecular flexibility index (Phi) is 31.0. The lowest BCUT2D eigenvalue weighted by molar-refractivity contribution is -0.152. The second kappa shape index (κ2) is 32.4. The van der Waals surface area contributed by atoms with E-state index in [4.69, 9.17) is 9.47 Å². The molecule has 0 aliphatic carbocycles. The highest BCUT2D eigenvalue weighted by atomic mass is 16.6. The molecule has 0 aromatic carbocycles. The molecular formula is C37H66O7. The first-order valence-corrected chi connectivity index (χ1v) is 17.7. The SMILES string of the molecule is CCCCC/C=C\C/C=C\C/C=C\CC(O)C(O)CCCC(=O)OC[C@@H](O)COC(=O)CCCCCCCCCCCCC. The van der Waals surface area contributed by atoms with Crippen LogP contribution in [0.4, 0.5) is 0 Å². The Morgan fingerprint density at radius 3 is 1.57 bits per heavy atom. The van der Waals surface area contributed by atoms with Crippen molar-refractivity contribution in [3.63, 3.8) is 0 Å². The van der Waals surface area contributed by atoms with Crippen molar-refractivity contribution in [3.8, 4) is 0 Å². The lowest BCUT2D eigenvalue weighted by Crippen LogP contribution is -2.26. The molecule has 3 atom stereocenters. The number of carbonyl (C=O) groups is 2. The number of hydrogen-bond donors (Lipinski definition) is 3. The second-order valence-corrected chi connectivity index (χ2v) is 11.9. The number of aliphatic hydroxyl groups is 3. The van der Waals surface area contributed by atoms with E-state index in [1.54, 1.807) is 0 Å². The molecule has 2 unspecified atom stereocenters. The molecule has 0 aliphatic rings. The second-order valence-electron chi connectivity index (χ2n) is 11.9. The van der Waals surface area contributed by atoms with Crippen molar-refractivity contribution in [1.82, 2.24) is 0 Å². The Morgan fingerprint density at radius 2 is 1.00 bits per heavy atom. The zero-order valence-corrected chi connectivity index (χ0v) is 28.1. The third-order valence-electron chi connectivity index (χ3n) is 7.58. The maximum Gasteiger partial charge on any atom is 0.305 e. The number of ether oxygens (including phenoxy) is 2. The average Bonchev–Trinajstić information content (AvgIpc) is 3.01. The summed E-state index contributed by atoms with van der Waals surface area (Å²) in [6.45, 7) is 3.99. The zero-order valence-electron chi connectivity index (χ0n) is 28.1. The summed E-state index contributed by atoms with van der Waals surface area (Å²) >= 11 is 0. The topological polar surface area (TPSA) is 113 Å². The highest BCUT2D eigenvalue weighted by Gasteiger charge is 2.16. The number of aliphatic hydroxyl groups excluding tert-OH is 3. The number of esters is 2. The maximum atomic E-state index is 12.0. The van der Waals surface area contributed by atoms with Gasteiger partial charge in [0.2, 0.25) is 0 Å². The molecule has 0 heterocycles. The molecule has 0 bridgehead atoms. The highest BCUT2D eigenvalue weighted by molar-refractivity contribution is 5.69. The van der Waals surface area contributed by atoms with Gasteiger partial charge in [0.1, 0.15) is 19.3 Å². The van der Waals surface area contributed by atoms with Gasteiger partial charge in [-0.2, -0.15) is 0 Å². The van der Waals surface area contributed by atoms with Gasteiger partial charge in [-0.1, -0.05) is 127 Å². The van der Waals surface area contributed by atoms with Crippen LogP contribution in [0.2, 0.25) is 0 Å². The van der Waals surface area contributed by atoms with Gasteiger partial charge < -0.3 is 24.8 Å². The number of hydrogen-bond acceptors (Lipinski definition) is 7. The van der Waals surface area contributed by atoms with Gasteiger partial charge in [-0.25, -0.2) is 0 Å². The quantitative estimate of drug-likeness (QED) is 0.0404. The molecule has 3 N–H and O–H groups in total. The lowest BCUT2D eigenvalue weighted by Gasteiger charge is -2.16. The molecule has 44 heavy (non-hydrogen) atoms. The van der Waals surface area contributed by atoms with Crippen LogP contribution in [0, 0.1) is 0 Å². The van der Waals surface area contributed by atoms with Crippen molar-refractivity contribution in [3.05, 3.63) is 36.5 Å². The van der Waals surface area contributed by atoms with Crippen LogP contribution in [-0.2, 0) is 19.1 Å². The summed E-state index contributed by atoms with van der Waals surface area (Å²) in [5, 5.41) is 30.3. The van der Waals surface area contributed by atoms with E-state index in [0.717, 1.165) is 38.5 Å². The Morgan fingerprint density at radius 1 is 0.545 bits per heavy atom. The monoisotopic (exact) mass is 622 g/mol. The van der Waals surface area contributed by atoms with E-state index in [-0.39, 0.29) is 32.0 Å². The van der Waals surface area contributed by atoms with Crippen LogP contribution in [-0.4, -0.2) is 58.8 Å². The molecule has 0 fully saturated rings. The van der Waals surface area contributed by atoms with E-state index in [1.807, 2.05) is 12.2 Å². The molecule has 0 spiro atoms. The standard InChI is InChI=1S/C37H66O7/c1-3-5-7-9-11-13-15-17-18-20-22-24-27-34(39)35(40)28-26-30-37(42)44-32-33(38)31-43-36(41)29-25-23-21-19-16-14-12-10-8-6-4-2/h11,13,17-18,22,24,33-35,38-40H,3-10,12,14-16,19-21,23,25-32H2,1-2H3/b13-11-,18-17-,24-22-/t33-,34?,35?/m0/s1. The highest BCUT2D eigenvalue weighted by Crippen LogP contribution is 2.13. The Hall–Kier alpha value is -1.96. The smallest absolute Gasteiger partial charge is 0.305 e. The molecule has 0 aromatic heterocycles. The van der Waals surface area contributed by atoms with Crippen LogP contribution in [0.3, 0.4) is 0 Å². The fraction of sp³-hybridized carbons (Fsp3) is 0.784. The van der Waals surface area contributed by atoms with Crippen LogP contribution >= 0.6 is 0 Å². The van der Waals surface area contributed by atoms with E-state index in [9.17, 15) is 24.9 Å². The molecule has 0 amide bonds. The van der Waals surface area contributed by atoms with Gasteiger partial charge in [-0.05, 0) is 51.4 Å². The summed E-state index contributed by atoms with van der Waals surface area (Å²) in [4.78, 5) is 23.8. The number of unbranched alkanes of at least 4 members (excludes halogenated alkanes) is 13. The van der Waals surface area contributed by atoms with Gasteiger partial charge in [0.25, 0.3) is 0 Å². The molecule has 0 radical (unpaired) electrons. The van der Waals surface area contributed by atoms with Crippen molar-refractivity contribution in [2.75, 3.05) is 13.2 Å². The molecule has 0 rings (SSSR count). The first-order valence-electron chi connectivity index (χ1n) is 17.7. The lowest BCUT2D eigenvalue weighted by atomic mass is 10.0. The molecule has 7 heteroatoms. The molecule has 0 saturated carbocycles. The van der Waals surface area contributed by atoms with E-state index >= 15 is 0 Å². The third-order valence-corrected chi connectivity index (χ3v) is 7.58. The normalized spacial score (nSPS) is 14.0. The summed E-state index contributed by atoms with van der Waals surface area (Å²) < 4.78 is 10.2. The number of carbonyl (C=O) groups excluding carboxylic acids is 2. The van der Waals surface area contributed by atoms with Crippen LogP contribution < -0.4 is 0 Å². The molecule has 0 saturated heterocycles. The third kappa shape index (κ3) is 30.1. The Bertz CT molecular complexity index is 746. The van der Waals surface area contributed by atoms with Gasteiger partial charge in [0.15, 0.2) is 0 Å². The summed E-state index contributed by atoms with van der Waals surface area (Å²) in [7, 11) is 0. The maximum absolute atomic E-state index is 12.0. The minimum atomic E-state index is -1.07. The van der Waals surface area contributed by atoms with E-state index in [1.165, 1.54) is 70.6 Å². The van der Waals surface area contributed by atoms with Gasteiger partial charge in [-0.15, -0.1) is 0 Å². The molecule has 0 aliphatic heterocycles. The van der Waals surface area contributed by atoms with Crippen molar-refractivity contribution in [2.24, 2.45) is 0 Å². The molecule has 0 aromatic rings. The summed E-state index contributed by atoms with van der Waals surface area (Å²) in [6.07, 6.45) is 30.9. The van der Waals surface area contributed by atoms with Crippen molar-refractivity contribution >= 4 is 11.9 Å². The van der Waals surface area contributed by atoms with Gasteiger partial charge >= 0.3 is 11.9 Å². The average molecular weight is 623 g/mol. The minimum Gasteiger partial charge on any atom is -0.463 e. The van der Waals surface area contributed by atoms with E-state index in [0.29, 0.717) is 19.3 Å². The Labute approximate surface area is 269 Å². The predicted molar refractivity (Wildman–Crippen MR) is 180 cm³/mol. The molecule has 7 nitrogen and oxygen atoms in total. The van der Waals surface area contributed by atoms with Gasteiger partial charge in [-0.3, -0.25) is 9.59 Å². The van der Waals surface area contributed by atoms with Crippen molar-refractivity contribution in [2.45, 2.75) is 173 Å². The Balaban J connectivity index is 3.73. The number of rotatable bonds is 31. The fourth-order valence-electron chi connectivity index (χ4n) is 4.72. The van der Waals surface area contributed by atoms with Crippen LogP contribution in [0.25, 0.3) is 0 Å². The molecule has 256 valence electrons. The van der Waals surface area contributed by atoms with Crippen LogP contribution in [0.15, 0.2) is 36.5 Å². The van der Waals surface area contributed by atoms with Crippen LogP contribution in [0.1, 0.15) is 155 Å². The largest absolute Gasteiger partial charge is 0.463 e. The van der Waals surface area contributed by atoms with E-state index in [2.05, 4.69) is 38.2 Å². The van der Waals surface area contributed by atoms with Gasteiger partial charge in [0.05, 0.1) is 12.2 Å². The summed E-state index contributed by atoms with van der Waals surface area (Å²) in [5.74, 6) is -0.841.